The number of aliphatic hydroxyl groups excluding tert-OH is 2. The van der Waals surface area contributed by atoms with Gasteiger partial charge in [0.1, 0.15) is 34.6 Å². The molecule has 2 aromatic heterocycles. The van der Waals surface area contributed by atoms with Crippen LogP contribution in [-0.4, -0.2) is 69.1 Å². The smallest absolute Gasteiger partial charge is 0.405 e. The Morgan fingerprint density at radius 3 is 2.51 bits per heavy atom. The summed E-state index contributed by atoms with van der Waals surface area (Å²) >= 11 is 0. The first-order valence-electron chi connectivity index (χ1n) is 13.7. The molecule has 5 rings (SSSR count). The van der Waals surface area contributed by atoms with Crippen LogP contribution in [0.4, 0.5) is 29.3 Å². The molecule has 14 heteroatoms. The molecular weight excluding hydrogens is 571 g/mol. The van der Waals surface area contributed by atoms with E-state index >= 15 is 0 Å². The lowest BCUT2D eigenvalue weighted by Crippen LogP contribution is -2.58. The molecule has 3 heterocycles. The second-order valence-corrected chi connectivity index (χ2v) is 10.5. The van der Waals surface area contributed by atoms with Crippen LogP contribution in [0.2, 0.25) is 0 Å². The summed E-state index contributed by atoms with van der Waals surface area (Å²) in [7, 11) is 0. The number of nitrogens with one attached hydrogen (secondary N) is 2. The number of carbonyl (C=O) groups is 2. The number of amides is 2. The zero-order chi connectivity index (χ0) is 31.0. The van der Waals surface area contributed by atoms with Crippen molar-refractivity contribution in [1.29, 1.82) is 0 Å². The van der Waals surface area contributed by atoms with Gasteiger partial charge in [0.25, 0.3) is 5.91 Å². The fraction of sp³-hybridized carbons (Fsp3) is 0.379. The van der Waals surface area contributed by atoms with Gasteiger partial charge in [-0.15, -0.1) is 0 Å². The van der Waals surface area contributed by atoms with Gasteiger partial charge in [-0.25, -0.2) is 22.9 Å². The highest BCUT2D eigenvalue weighted by molar-refractivity contribution is 6.05. The zero-order valence-corrected chi connectivity index (χ0v) is 23.3. The standard InChI is InChI=1S/C29H30F3N5O6/c1-3-43-14-8-17(31)23(18(32)9-14)25-16(30)5-6-19(34-25)28(40)35-20-10-33-24-15(4-7-22(24)38)26(20)37-11-13(2)27(39)21(12-37)36-29(41)42/h5-6,8-10,13,21-22,27,36,38-39H,3-4,7,11-12H2,1-2H3,(H,35,40)(H,41,42). The van der Waals surface area contributed by atoms with Gasteiger partial charge >= 0.3 is 6.09 Å². The van der Waals surface area contributed by atoms with Crippen molar-refractivity contribution in [2.45, 2.75) is 44.9 Å². The number of aliphatic hydroxyl groups is 2. The van der Waals surface area contributed by atoms with Crippen molar-refractivity contribution in [3.63, 3.8) is 0 Å². The van der Waals surface area contributed by atoms with E-state index in [4.69, 9.17) is 4.74 Å². The third kappa shape index (κ3) is 5.92. The minimum atomic E-state index is -1.31. The Kier molecular flexibility index (Phi) is 8.42. The molecule has 11 nitrogen and oxygen atoms in total. The van der Waals surface area contributed by atoms with E-state index in [1.807, 2.05) is 0 Å². The van der Waals surface area contributed by atoms with E-state index in [0.29, 0.717) is 36.3 Å². The van der Waals surface area contributed by atoms with Crippen molar-refractivity contribution in [2.24, 2.45) is 5.92 Å². The number of piperidine rings is 1. The van der Waals surface area contributed by atoms with Gasteiger partial charge in [0, 0.05) is 36.7 Å². The van der Waals surface area contributed by atoms with Gasteiger partial charge in [-0.05, 0) is 31.9 Å². The van der Waals surface area contributed by atoms with Crippen molar-refractivity contribution in [3.05, 3.63) is 64.9 Å². The summed E-state index contributed by atoms with van der Waals surface area (Å²) in [4.78, 5) is 34.9. The lowest BCUT2D eigenvalue weighted by molar-refractivity contribution is 0.0633. The van der Waals surface area contributed by atoms with Crippen LogP contribution in [0, 0.1) is 23.4 Å². The molecule has 2 amide bonds. The monoisotopic (exact) mass is 601 g/mol. The highest BCUT2D eigenvalue weighted by atomic mass is 19.1. The second kappa shape index (κ2) is 12.1. The van der Waals surface area contributed by atoms with Gasteiger partial charge in [-0.1, -0.05) is 6.92 Å². The van der Waals surface area contributed by atoms with E-state index < -0.39 is 59.0 Å². The number of benzene rings is 1. The Balaban J connectivity index is 1.50. The molecule has 1 saturated heterocycles. The minimum absolute atomic E-state index is 0.0580. The Bertz CT molecular complexity index is 1550. The lowest BCUT2D eigenvalue weighted by Gasteiger charge is -2.42. The van der Waals surface area contributed by atoms with E-state index in [1.54, 1.807) is 18.7 Å². The number of carboxylic acid groups (broad SMARTS) is 1. The summed E-state index contributed by atoms with van der Waals surface area (Å²) < 4.78 is 49.6. The van der Waals surface area contributed by atoms with Crippen LogP contribution >= 0.6 is 0 Å². The largest absolute Gasteiger partial charge is 0.494 e. The first-order valence-corrected chi connectivity index (χ1v) is 13.7. The average molecular weight is 602 g/mol. The number of ether oxygens (including phenoxy) is 1. The van der Waals surface area contributed by atoms with Crippen LogP contribution in [0.1, 0.15) is 48.1 Å². The number of hydrogen-bond acceptors (Lipinski definition) is 8. The molecule has 3 aromatic rings. The summed E-state index contributed by atoms with van der Waals surface area (Å²) in [5.41, 5.74) is -0.0703. The lowest BCUT2D eigenvalue weighted by atomic mass is 9.91. The number of carbonyl (C=O) groups excluding carboxylic acids is 1. The van der Waals surface area contributed by atoms with E-state index in [1.165, 1.54) is 6.20 Å². The topological polar surface area (TPSA) is 157 Å². The SMILES string of the molecule is CCOc1cc(F)c(-c2nc(C(=O)Nc3cnc4c(c3N3CC(C)C(O)C(NC(=O)O)C3)CCC4O)ccc2F)c(F)c1. The van der Waals surface area contributed by atoms with Gasteiger partial charge < -0.3 is 35.6 Å². The van der Waals surface area contributed by atoms with Gasteiger partial charge in [-0.2, -0.15) is 0 Å². The number of pyridine rings is 2. The summed E-state index contributed by atoms with van der Waals surface area (Å²) in [6, 6.07) is 2.89. The Labute approximate surface area is 244 Å². The van der Waals surface area contributed by atoms with Crippen LogP contribution in [-0.2, 0) is 6.42 Å². The van der Waals surface area contributed by atoms with Crippen LogP contribution in [0.5, 0.6) is 5.75 Å². The quantitative estimate of drug-likeness (QED) is 0.273. The molecular formula is C29H30F3N5O6. The van der Waals surface area contributed by atoms with Crippen LogP contribution in [0.3, 0.4) is 0 Å². The van der Waals surface area contributed by atoms with Gasteiger partial charge in [0.05, 0.1) is 53.7 Å². The number of hydrogen-bond donors (Lipinski definition) is 5. The van der Waals surface area contributed by atoms with E-state index in [9.17, 15) is 38.1 Å². The maximum absolute atomic E-state index is 14.8. The molecule has 1 aliphatic carbocycles. The number of anilines is 2. The summed E-state index contributed by atoms with van der Waals surface area (Å²) in [5.74, 6) is -4.59. The van der Waals surface area contributed by atoms with Crippen LogP contribution < -0.4 is 20.3 Å². The first-order chi connectivity index (χ1) is 20.5. The van der Waals surface area contributed by atoms with E-state index in [0.717, 1.165) is 24.3 Å². The van der Waals surface area contributed by atoms with Gasteiger partial charge in [0.2, 0.25) is 0 Å². The summed E-state index contributed by atoms with van der Waals surface area (Å²) in [6.45, 7) is 3.90. The summed E-state index contributed by atoms with van der Waals surface area (Å²) in [5, 5.41) is 35.4. The third-order valence-electron chi connectivity index (χ3n) is 7.60. The minimum Gasteiger partial charge on any atom is -0.494 e. The molecule has 1 aromatic carbocycles. The first kappa shape index (κ1) is 30.0. The van der Waals surface area contributed by atoms with Crippen molar-refractivity contribution >= 4 is 23.4 Å². The van der Waals surface area contributed by atoms with Crippen molar-refractivity contribution in [1.82, 2.24) is 15.3 Å². The predicted octanol–water partition coefficient (Wildman–Crippen LogP) is 3.64. The number of rotatable bonds is 7. The number of aromatic nitrogens is 2. The molecule has 43 heavy (non-hydrogen) atoms. The highest BCUT2D eigenvalue weighted by Crippen LogP contribution is 2.42. The molecule has 0 bridgehead atoms. The molecule has 1 fully saturated rings. The number of halogens is 3. The van der Waals surface area contributed by atoms with Gasteiger partial charge in [-0.3, -0.25) is 9.78 Å². The van der Waals surface area contributed by atoms with Crippen molar-refractivity contribution in [2.75, 3.05) is 29.9 Å². The average Bonchev–Trinajstić information content (AvgIpc) is 3.32. The molecule has 0 spiro atoms. The van der Waals surface area contributed by atoms with Crippen LogP contribution in [0.15, 0.2) is 30.5 Å². The molecule has 0 radical (unpaired) electrons. The molecule has 0 saturated carbocycles. The highest BCUT2D eigenvalue weighted by Gasteiger charge is 2.38. The zero-order valence-electron chi connectivity index (χ0n) is 23.3. The number of nitrogens with zero attached hydrogens (tertiary/aromatic N) is 3. The Morgan fingerprint density at radius 1 is 1.12 bits per heavy atom. The summed E-state index contributed by atoms with van der Waals surface area (Å²) in [6.07, 6.45) is -0.956. The Hall–Kier alpha value is -4.43. The Morgan fingerprint density at radius 2 is 1.84 bits per heavy atom. The van der Waals surface area contributed by atoms with E-state index in [-0.39, 0.29) is 36.2 Å². The molecule has 5 N–H and O–H groups in total. The molecule has 2 aliphatic rings. The third-order valence-corrected chi connectivity index (χ3v) is 7.60. The van der Waals surface area contributed by atoms with Gasteiger partial charge in [0.15, 0.2) is 0 Å². The number of fused-ring (bicyclic) bond motifs is 1. The molecule has 4 atom stereocenters. The molecule has 4 unspecified atom stereocenters. The fourth-order valence-electron chi connectivity index (χ4n) is 5.66. The maximum Gasteiger partial charge on any atom is 0.405 e. The van der Waals surface area contributed by atoms with Crippen molar-refractivity contribution < 1.29 is 42.8 Å². The molecule has 1 aliphatic heterocycles. The van der Waals surface area contributed by atoms with E-state index in [2.05, 4.69) is 20.6 Å². The van der Waals surface area contributed by atoms with Crippen molar-refractivity contribution in [3.8, 4) is 17.0 Å². The normalized spacial score (nSPS) is 21.3. The fourth-order valence-corrected chi connectivity index (χ4v) is 5.66. The second-order valence-electron chi connectivity index (χ2n) is 10.5. The van der Waals surface area contributed by atoms with Crippen LogP contribution in [0.25, 0.3) is 11.3 Å². The molecule has 228 valence electrons. The maximum atomic E-state index is 14.8. The predicted molar refractivity (Wildman–Crippen MR) is 149 cm³/mol.